The van der Waals surface area contributed by atoms with Gasteiger partial charge in [-0.3, -0.25) is 0 Å². The first-order valence-electron chi connectivity index (χ1n) is 7.12. The van der Waals surface area contributed by atoms with E-state index >= 15 is 0 Å². The summed E-state index contributed by atoms with van der Waals surface area (Å²) >= 11 is 1.69. The van der Waals surface area contributed by atoms with E-state index in [0.717, 1.165) is 29.0 Å². The molecule has 0 unspecified atom stereocenters. The Hall–Kier alpha value is -1.88. The van der Waals surface area contributed by atoms with Crippen molar-refractivity contribution < 1.29 is 0 Å². The fraction of sp³-hybridized carbons (Fsp3) is 0.111. The minimum absolute atomic E-state index is 0. The average Bonchev–Trinajstić information content (AvgIpc) is 2.98. The zero-order valence-corrected chi connectivity index (χ0v) is 15.8. The molecule has 24 heavy (non-hydrogen) atoms. The topological polar surface area (TPSA) is 55.3 Å². The van der Waals surface area contributed by atoms with Gasteiger partial charge in [0.25, 0.3) is 0 Å². The summed E-state index contributed by atoms with van der Waals surface area (Å²) in [5.41, 5.74) is 18.2. The third-order valence-electron chi connectivity index (χ3n) is 3.71. The highest BCUT2D eigenvalue weighted by Crippen LogP contribution is 2.34. The van der Waals surface area contributed by atoms with Crippen molar-refractivity contribution in [3.8, 4) is 11.1 Å². The molecule has 0 aliphatic rings. The largest absolute Gasteiger partial charge is 0.399 e. The summed E-state index contributed by atoms with van der Waals surface area (Å²) < 4.78 is 0. The zero-order chi connectivity index (χ0) is 15.5. The molecule has 3 nitrogen and oxygen atoms in total. The lowest BCUT2D eigenvalue weighted by Crippen LogP contribution is -2.16. The van der Waals surface area contributed by atoms with E-state index in [0.29, 0.717) is 0 Å². The number of halogens is 2. The van der Waals surface area contributed by atoms with Gasteiger partial charge < -0.3 is 16.4 Å². The molecule has 0 spiro atoms. The van der Waals surface area contributed by atoms with Crippen molar-refractivity contribution in [2.45, 2.75) is 6.54 Å². The molecule has 3 aromatic rings. The highest BCUT2D eigenvalue weighted by molar-refractivity contribution is 7.08. The number of thiophene rings is 1. The van der Waals surface area contributed by atoms with E-state index < -0.39 is 0 Å². The van der Waals surface area contributed by atoms with Crippen molar-refractivity contribution in [1.29, 1.82) is 0 Å². The van der Waals surface area contributed by atoms with Crippen molar-refractivity contribution in [3.05, 3.63) is 64.9 Å². The maximum Gasteiger partial charge on any atom is 0.0440 e. The van der Waals surface area contributed by atoms with Gasteiger partial charge in [0.2, 0.25) is 0 Å². The van der Waals surface area contributed by atoms with Gasteiger partial charge in [0.15, 0.2) is 0 Å². The van der Waals surface area contributed by atoms with Crippen molar-refractivity contribution in [2.24, 2.45) is 0 Å². The van der Waals surface area contributed by atoms with Crippen LogP contribution in [0.1, 0.15) is 5.56 Å². The fourth-order valence-electron chi connectivity index (χ4n) is 2.52. The first-order chi connectivity index (χ1) is 10.6. The molecule has 0 bridgehead atoms. The van der Waals surface area contributed by atoms with Gasteiger partial charge >= 0.3 is 0 Å². The van der Waals surface area contributed by atoms with Crippen molar-refractivity contribution >= 4 is 53.2 Å². The van der Waals surface area contributed by atoms with Gasteiger partial charge in [-0.2, -0.15) is 11.3 Å². The van der Waals surface area contributed by atoms with Gasteiger partial charge in [-0.25, -0.2) is 0 Å². The SMILES string of the molecule is CN(Cc1cscc1-c1cc(N)ccc1N)c1ccccc1.Cl.Cl. The van der Waals surface area contributed by atoms with Crippen LogP contribution in [0.3, 0.4) is 0 Å². The van der Waals surface area contributed by atoms with Gasteiger partial charge in [-0.05, 0) is 52.2 Å². The molecule has 1 heterocycles. The molecule has 0 amide bonds. The van der Waals surface area contributed by atoms with E-state index in [-0.39, 0.29) is 24.8 Å². The van der Waals surface area contributed by atoms with Crippen LogP contribution >= 0.6 is 36.2 Å². The Balaban J connectivity index is 0.00000144. The first-order valence-corrected chi connectivity index (χ1v) is 8.06. The van der Waals surface area contributed by atoms with Gasteiger partial charge in [0.1, 0.15) is 0 Å². The highest BCUT2D eigenvalue weighted by atomic mass is 35.5. The molecular formula is C18H21Cl2N3S. The normalized spacial score (nSPS) is 9.71. The predicted octanol–water partition coefficient (Wildman–Crippen LogP) is 5.06. The molecule has 1 aromatic heterocycles. The quantitative estimate of drug-likeness (QED) is 0.620. The van der Waals surface area contributed by atoms with Gasteiger partial charge in [0, 0.05) is 36.2 Å². The van der Waals surface area contributed by atoms with Crippen molar-refractivity contribution in [2.75, 3.05) is 23.4 Å². The first kappa shape index (κ1) is 20.2. The third kappa shape index (κ3) is 4.35. The minimum Gasteiger partial charge on any atom is -0.399 e. The van der Waals surface area contributed by atoms with Gasteiger partial charge in [0.05, 0.1) is 0 Å². The number of para-hydroxylation sites is 1. The van der Waals surface area contributed by atoms with Gasteiger partial charge in [-0.1, -0.05) is 18.2 Å². The maximum absolute atomic E-state index is 6.13. The Morgan fingerprint density at radius 1 is 0.917 bits per heavy atom. The zero-order valence-electron chi connectivity index (χ0n) is 13.3. The van der Waals surface area contributed by atoms with Crippen LogP contribution in [0.4, 0.5) is 17.1 Å². The van der Waals surface area contributed by atoms with E-state index in [1.54, 1.807) is 11.3 Å². The molecular weight excluding hydrogens is 361 g/mol. The summed E-state index contributed by atoms with van der Waals surface area (Å²) in [5.74, 6) is 0. The minimum atomic E-state index is 0. The summed E-state index contributed by atoms with van der Waals surface area (Å²) in [6, 6.07) is 16.0. The lowest BCUT2D eigenvalue weighted by Gasteiger charge is -2.20. The van der Waals surface area contributed by atoms with E-state index in [1.807, 2.05) is 24.3 Å². The van der Waals surface area contributed by atoms with Crippen molar-refractivity contribution in [1.82, 2.24) is 0 Å². The van der Waals surface area contributed by atoms with Crippen LogP contribution in [-0.4, -0.2) is 7.05 Å². The second kappa shape index (κ2) is 8.83. The molecule has 0 fully saturated rings. The summed E-state index contributed by atoms with van der Waals surface area (Å²) in [5, 5.41) is 4.32. The fourth-order valence-corrected chi connectivity index (χ4v) is 3.37. The standard InChI is InChI=1S/C18H19N3S.2ClH/c1-21(15-5-3-2-4-6-15)10-13-11-22-12-17(13)16-9-14(19)7-8-18(16)20;;/h2-9,11-12H,10,19-20H2,1H3;2*1H. The Labute approximate surface area is 159 Å². The molecule has 0 atom stereocenters. The number of nitrogens with zero attached hydrogens (tertiary/aromatic N) is 1. The molecule has 128 valence electrons. The van der Waals surface area contributed by atoms with Crippen LogP contribution in [0, 0.1) is 0 Å². The Morgan fingerprint density at radius 2 is 1.62 bits per heavy atom. The summed E-state index contributed by atoms with van der Waals surface area (Å²) in [6.45, 7) is 0.830. The summed E-state index contributed by atoms with van der Waals surface area (Å²) in [4.78, 5) is 2.23. The molecule has 4 N–H and O–H groups in total. The average molecular weight is 382 g/mol. The number of nitrogen functional groups attached to an aromatic ring is 2. The Morgan fingerprint density at radius 3 is 2.33 bits per heavy atom. The molecule has 6 heteroatoms. The van der Waals surface area contributed by atoms with Gasteiger partial charge in [-0.15, -0.1) is 24.8 Å². The maximum atomic E-state index is 6.13. The lowest BCUT2D eigenvalue weighted by atomic mass is 10.0. The second-order valence-corrected chi connectivity index (χ2v) is 6.09. The third-order valence-corrected chi connectivity index (χ3v) is 4.51. The van der Waals surface area contributed by atoms with Crippen LogP contribution in [-0.2, 0) is 6.54 Å². The summed E-state index contributed by atoms with van der Waals surface area (Å²) in [7, 11) is 2.10. The van der Waals surface area contributed by atoms with Crippen LogP contribution in [0.2, 0.25) is 0 Å². The molecule has 0 radical (unpaired) electrons. The van der Waals surface area contributed by atoms with Crippen LogP contribution in [0.25, 0.3) is 11.1 Å². The highest BCUT2D eigenvalue weighted by Gasteiger charge is 2.12. The second-order valence-electron chi connectivity index (χ2n) is 5.35. The molecule has 3 rings (SSSR count). The van der Waals surface area contributed by atoms with Crippen LogP contribution in [0.15, 0.2) is 59.3 Å². The molecule has 0 saturated carbocycles. The van der Waals surface area contributed by atoms with E-state index in [2.05, 4.69) is 47.0 Å². The number of benzene rings is 2. The predicted molar refractivity (Wildman–Crippen MR) is 112 cm³/mol. The molecule has 0 saturated heterocycles. The van der Waals surface area contributed by atoms with E-state index in [9.17, 15) is 0 Å². The molecule has 0 aliphatic heterocycles. The number of nitrogens with two attached hydrogens (primary N) is 2. The monoisotopic (exact) mass is 381 g/mol. The van der Waals surface area contributed by atoms with Crippen molar-refractivity contribution in [3.63, 3.8) is 0 Å². The number of hydrogen-bond acceptors (Lipinski definition) is 4. The number of anilines is 3. The van der Waals surface area contributed by atoms with E-state index in [4.69, 9.17) is 11.5 Å². The number of rotatable bonds is 4. The lowest BCUT2D eigenvalue weighted by molar-refractivity contribution is 0.929. The van der Waals surface area contributed by atoms with Crippen LogP contribution < -0.4 is 16.4 Å². The molecule has 2 aromatic carbocycles. The smallest absolute Gasteiger partial charge is 0.0440 e. The Bertz CT molecular complexity index is 775. The number of hydrogen-bond donors (Lipinski definition) is 2. The van der Waals surface area contributed by atoms with E-state index in [1.165, 1.54) is 11.3 Å². The Kier molecular flexibility index (Phi) is 7.42. The molecule has 0 aliphatic carbocycles. The van der Waals surface area contributed by atoms with Crippen LogP contribution in [0.5, 0.6) is 0 Å². The summed E-state index contributed by atoms with van der Waals surface area (Å²) in [6.07, 6.45) is 0.